The topological polar surface area (TPSA) is 40.6 Å². The molecule has 0 N–H and O–H groups in total. The van der Waals surface area contributed by atoms with Crippen molar-refractivity contribution in [2.24, 2.45) is 0 Å². The maximum atomic E-state index is 12.7. The van der Waals surface area contributed by atoms with Gasteiger partial charge in [-0.15, -0.1) is 0 Å². The second-order valence-electron chi connectivity index (χ2n) is 6.09. The molecule has 0 atom stereocenters. The van der Waals surface area contributed by atoms with E-state index in [9.17, 15) is 9.59 Å². The molecule has 1 aliphatic heterocycles. The average molecular weight is 302 g/mol. The maximum absolute atomic E-state index is 12.7. The largest absolute Gasteiger partial charge is 0.341 e. The second kappa shape index (κ2) is 7.43. The van der Waals surface area contributed by atoms with Crippen LogP contribution < -0.4 is 0 Å². The lowest BCUT2D eigenvalue weighted by atomic mass is 10.0. The van der Waals surface area contributed by atoms with E-state index in [0.717, 1.165) is 37.1 Å². The maximum Gasteiger partial charge on any atom is 0.254 e. The molecule has 0 aromatic heterocycles. The summed E-state index contributed by atoms with van der Waals surface area (Å²) in [6.45, 7) is 8.79. The van der Waals surface area contributed by atoms with Gasteiger partial charge in [-0.05, 0) is 38.3 Å². The van der Waals surface area contributed by atoms with Gasteiger partial charge < -0.3 is 9.80 Å². The minimum Gasteiger partial charge on any atom is -0.341 e. The van der Waals surface area contributed by atoms with E-state index in [4.69, 9.17) is 0 Å². The predicted octanol–water partition coefficient (Wildman–Crippen LogP) is 2.78. The highest BCUT2D eigenvalue weighted by atomic mass is 16.2. The minimum absolute atomic E-state index is 0.0855. The molecule has 1 aromatic rings. The molecular weight excluding hydrogens is 276 g/mol. The van der Waals surface area contributed by atoms with E-state index in [1.54, 1.807) is 0 Å². The molecule has 22 heavy (non-hydrogen) atoms. The molecule has 2 amide bonds. The van der Waals surface area contributed by atoms with Crippen molar-refractivity contribution in [3.8, 4) is 0 Å². The molecule has 2 rings (SSSR count). The Kier molecular flexibility index (Phi) is 5.58. The second-order valence-corrected chi connectivity index (χ2v) is 6.09. The van der Waals surface area contributed by atoms with Crippen molar-refractivity contribution in [1.29, 1.82) is 0 Å². The van der Waals surface area contributed by atoms with E-state index in [0.29, 0.717) is 19.5 Å². The van der Waals surface area contributed by atoms with E-state index in [-0.39, 0.29) is 11.8 Å². The van der Waals surface area contributed by atoms with E-state index < -0.39 is 0 Å². The van der Waals surface area contributed by atoms with Gasteiger partial charge in [0.15, 0.2) is 0 Å². The number of hydrogen-bond acceptors (Lipinski definition) is 2. The summed E-state index contributed by atoms with van der Waals surface area (Å²) < 4.78 is 0. The summed E-state index contributed by atoms with van der Waals surface area (Å²) in [6.07, 6.45) is 2.33. The van der Waals surface area contributed by atoms with Crippen LogP contribution in [0.4, 0.5) is 0 Å². The molecule has 1 saturated heterocycles. The summed E-state index contributed by atoms with van der Waals surface area (Å²) in [7, 11) is 0. The van der Waals surface area contributed by atoms with Gasteiger partial charge in [-0.2, -0.15) is 0 Å². The molecule has 1 fully saturated rings. The Hall–Kier alpha value is -1.84. The highest BCUT2D eigenvalue weighted by Gasteiger charge is 2.23. The van der Waals surface area contributed by atoms with Crippen molar-refractivity contribution in [3.63, 3.8) is 0 Å². The van der Waals surface area contributed by atoms with Gasteiger partial charge in [0, 0.05) is 38.2 Å². The third-order valence-corrected chi connectivity index (χ3v) is 4.21. The fourth-order valence-corrected chi connectivity index (χ4v) is 2.97. The van der Waals surface area contributed by atoms with Crippen LogP contribution in [-0.2, 0) is 4.79 Å². The first kappa shape index (κ1) is 16.5. The first-order valence-corrected chi connectivity index (χ1v) is 8.17. The zero-order valence-corrected chi connectivity index (χ0v) is 13.9. The lowest BCUT2D eigenvalue weighted by Gasteiger charge is -2.23. The lowest BCUT2D eigenvalue weighted by Crippen LogP contribution is -2.37. The molecule has 0 saturated carbocycles. The number of amides is 2. The molecule has 0 unspecified atom stereocenters. The zero-order valence-electron chi connectivity index (χ0n) is 13.9. The number of carbonyl (C=O) groups excluding carboxylic acids is 2. The third kappa shape index (κ3) is 3.87. The Labute approximate surface area is 133 Å². The molecule has 1 aromatic carbocycles. The molecule has 1 aliphatic rings. The number of nitrogens with zero attached hydrogens (tertiary/aromatic N) is 2. The van der Waals surface area contributed by atoms with Crippen molar-refractivity contribution in [1.82, 2.24) is 9.80 Å². The molecule has 1 heterocycles. The summed E-state index contributed by atoms with van der Waals surface area (Å²) in [5, 5.41) is 0. The highest BCUT2D eigenvalue weighted by molar-refractivity contribution is 5.95. The van der Waals surface area contributed by atoms with E-state index in [1.165, 1.54) is 5.56 Å². The first-order valence-electron chi connectivity index (χ1n) is 8.17. The van der Waals surface area contributed by atoms with Crippen LogP contribution in [0.25, 0.3) is 0 Å². The van der Waals surface area contributed by atoms with E-state index >= 15 is 0 Å². The number of benzene rings is 1. The lowest BCUT2D eigenvalue weighted by molar-refractivity contribution is -0.131. The van der Waals surface area contributed by atoms with Gasteiger partial charge in [0.05, 0.1) is 0 Å². The van der Waals surface area contributed by atoms with Crippen LogP contribution in [0.3, 0.4) is 0 Å². The molecule has 0 radical (unpaired) electrons. The van der Waals surface area contributed by atoms with Gasteiger partial charge in [0.25, 0.3) is 5.91 Å². The van der Waals surface area contributed by atoms with Gasteiger partial charge >= 0.3 is 0 Å². The monoisotopic (exact) mass is 302 g/mol. The molecular formula is C18H26N2O2. The molecule has 0 aliphatic carbocycles. The number of hydrogen-bond donors (Lipinski definition) is 0. The van der Waals surface area contributed by atoms with Gasteiger partial charge in [0.2, 0.25) is 5.91 Å². The van der Waals surface area contributed by atoms with Gasteiger partial charge in [-0.3, -0.25) is 9.59 Å². The quantitative estimate of drug-likeness (QED) is 0.861. The summed E-state index contributed by atoms with van der Waals surface area (Å²) in [5.41, 5.74) is 2.97. The minimum atomic E-state index is 0.0855. The summed E-state index contributed by atoms with van der Waals surface area (Å²) >= 11 is 0. The van der Waals surface area contributed by atoms with Gasteiger partial charge in [-0.1, -0.05) is 24.6 Å². The highest BCUT2D eigenvalue weighted by Crippen LogP contribution is 2.15. The van der Waals surface area contributed by atoms with Crippen molar-refractivity contribution < 1.29 is 9.59 Å². The van der Waals surface area contributed by atoms with Crippen LogP contribution in [0, 0.1) is 13.8 Å². The van der Waals surface area contributed by atoms with E-state index in [2.05, 4.69) is 0 Å². The van der Waals surface area contributed by atoms with Crippen molar-refractivity contribution in [2.45, 2.75) is 40.0 Å². The average Bonchev–Trinajstić information content (AvgIpc) is 2.73. The van der Waals surface area contributed by atoms with Crippen LogP contribution in [0.2, 0.25) is 0 Å². The molecule has 0 spiro atoms. The van der Waals surface area contributed by atoms with Crippen molar-refractivity contribution in [2.75, 3.05) is 26.2 Å². The van der Waals surface area contributed by atoms with Crippen LogP contribution in [0.5, 0.6) is 0 Å². The summed E-state index contributed by atoms with van der Waals surface area (Å²) in [6, 6.07) is 5.94. The molecule has 4 heteroatoms. The van der Waals surface area contributed by atoms with Crippen LogP contribution in [0.15, 0.2) is 18.2 Å². The molecule has 0 bridgehead atoms. The Morgan fingerprint density at radius 3 is 2.41 bits per heavy atom. The first-order chi connectivity index (χ1) is 10.5. The SMILES string of the molecule is CCCC(=O)N1CCCN(C(=O)c2ccc(C)cc2C)CC1. The fraction of sp³-hybridized carbons (Fsp3) is 0.556. The molecule has 4 nitrogen and oxygen atoms in total. The van der Waals surface area contributed by atoms with Crippen LogP contribution >= 0.6 is 0 Å². The van der Waals surface area contributed by atoms with Crippen LogP contribution in [0.1, 0.15) is 47.7 Å². The predicted molar refractivity (Wildman–Crippen MR) is 87.9 cm³/mol. The zero-order chi connectivity index (χ0) is 16.1. The smallest absolute Gasteiger partial charge is 0.254 e. The number of carbonyl (C=O) groups is 2. The third-order valence-electron chi connectivity index (χ3n) is 4.21. The van der Waals surface area contributed by atoms with Crippen molar-refractivity contribution in [3.05, 3.63) is 34.9 Å². The summed E-state index contributed by atoms with van der Waals surface area (Å²) in [5.74, 6) is 0.297. The normalized spacial score (nSPS) is 15.6. The Bertz CT molecular complexity index is 554. The Balaban J connectivity index is 2.04. The van der Waals surface area contributed by atoms with Gasteiger partial charge in [-0.25, -0.2) is 0 Å². The van der Waals surface area contributed by atoms with E-state index in [1.807, 2.05) is 48.8 Å². The van der Waals surface area contributed by atoms with Crippen LogP contribution in [-0.4, -0.2) is 47.8 Å². The fourth-order valence-electron chi connectivity index (χ4n) is 2.97. The Morgan fingerprint density at radius 2 is 1.73 bits per heavy atom. The Morgan fingerprint density at radius 1 is 1.05 bits per heavy atom. The standard InChI is InChI=1S/C18H26N2O2/c1-4-6-17(21)19-9-5-10-20(12-11-19)18(22)16-8-7-14(2)13-15(16)3/h7-8,13H,4-6,9-12H2,1-3H3. The van der Waals surface area contributed by atoms with Crippen molar-refractivity contribution >= 4 is 11.8 Å². The molecule has 120 valence electrons. The summed E-state index contributed by atoms with van der Waals surface area (Å²) in [4.78, 5) is 28.5. The van der Waals surface area contributed by atoms with Gasteiger partial charge in [0.1, 0.15) is 0 Å². The number of aryl methyl sites for hydroxylation is 2. The number of rotatable bonds is 3.